The fourth-order valence-electron chi connectivity index (χ4n) is 3.28. The zero-order valence-corrected chi connectivity index (χ0v) is 12.7. The average Bonchev–Trinajstić information content (AvgIpc) is 3.05. The molecule has 0 unspecified atom stereocenters. The van der Waals surface area contributed by atoms with Crippen LogP contribution in [0.25, 0.3) is 0 Å². The van der Waals surface area contributed by atoms with Gasteiger partial charge in [-0.15, -0.1) is 0 Å². The van der Waals surface area contributed by atoms with Crippen LogP contribution in [0.1, 0.15) is 54.7 Å². The Labute approximate surface area is 130 Å². The molecule has 1 saturated carbocycles. The Bertz CT molecular complexity index is 609. The molecule has 2 atom stereocenters. The van der Waals surface area contributed by atoms with Crippen molar-refractivity contribution >= 4 is 0 Å². The summed E-state index contributed by atoms with van der Waals surface area (Å²) in [6.07, 6.45) is 6.67. The van der Waals surface area contributed by atoms with Crippen LogP contribution in [0.5, 0.6) is 0 Å². The lowest BCUT2D eigenvalue weighted by Gasteiger charge is -2.14. The summed E-state index contributed by atoms with van der Waals surface area (Å²) in [5.74, 6) is 1.65. The van der Waals surface area contributed by atoms with Gasteiger partial charge < -0.3 is 10.1 Å². The Morgan fingerprint density at radius 3 is 2.91 bits per heavy atom. The van der Waals surface area contributed by atoms with Crippen molar-refractivity contribution in [3.63, 3.8) is 0 Å². The van der Waals surface area contributed by atoms with Crippen molar-refractivity contribution in [3.8, 4) is 0 Å². The quantitative estimate of drug-likeness (QED) is 0.860. The predicted molar refractivity (Wildman–Crippen MR) is 83.4 cm³/mol. The summed E-state index contributed by atoms with van der Waals surface area (Å²) in [6, 6.07) is 8.81. The highest BCUT2D eigenvalue weighted by Crippen LogP contribution is 2.41. The molecule has 0 bridgehead atoms. The van der Waals surface area contributed by atoms with Gasteiger partial charge in [0.1, 0.15) is 12.4 Å². The molecule has 1 aromatic carbocycles. The highest BCUT2D eigenvalue weighted by atomic mass is 16.5. The number of nitrogens with one attached hydrogen (secondary N) is 2. The summed E-state index contributed by atoms with van der Waals surface area (Å²) in [4.78, 5) is 4.19. The van der Waals surface area contributed by atoms with Crippen molar-refractivity contribution in [1.29, 1.82) is 0 Å². The molecule has 1 aromatic heterocycles. The zero-order valence-electron chi connectivity index (χ0n) is 12.7. The Balaban J connectivity index is 1.27. The van der Waals surface area contributed by atoms with E-state index in [9.17, 15) is 0 Å². The molecule has 4 rings (SSSR count). The van der Waals surface area contributed by atoms with Gasteiger partial charge >= 0.3 is 0 Å². The molecule has 2 N–H and O–H groups in total. The first-order chi connectivity index (χ1) is 10.9. The third kappa shape index (κ3) is 3.05. The number of benzene rings is 1. The van der Waals surface area contributed by atoms with Crippen molar-refractivity contribution < 1.29 is 4.74 Å². The lowest BCUT2D eigenvalue weighted by molar-refractivity contribution is 0.0401. The number of nitrogens with zero attached hydrogens (tertiary/aromatic N) is 2. The van der Waals surface area contributed by atoms with E-state index in [1.54, 1.807) is 6.33 Å². The third-order valence-electron chi connectivity index (χ3n) is 4.61. The van der Waals surface area contributed by atoms with E-state index in [-0.39, 0.29) is 12.2 Å². The summed E-state index contributed by atoms with van der Waals surface area (Å²) < 4.78 is 6.04. The second-order valence-electron chi connectivity index (χ2n) is 6.30. The molecule has 1 aliphatic heterocycles. The Kier molecular flexibility index (Phi) is 3.91. The Morgan fingerprint density at radius 1 is 1.18 bits per heavy atom. The normalized spacial score (nSPS) is 24.7. The second kappa shape index (κ2) is 6.18. The molecule has 5 nitrogen and oxygen atoms in total. The van der Waals surface area contributed by atoms with E-state index >= 15 is 0 Å². The zero-order chi connectivity index (χ0) is 14.8. The SMILES string of the molecule is c1ccc(C2CC2)c(CNC[C@H]2CC[C@@H](c3ncn[nH]3)O2)c1. The molecule has 1 saturated heterocycles. The first-order valence-electron chi connectivity index (χ1n) is 8.19. The molecule has 0 amide bonds. The van der Waals surface area contributed by atoms with Gasteiger partial charge in [-0.1, -0.05) is 24.3 Å². The lowest BCUT2D eigenvalue weighted by atomic mass is 10.0. The van der Waals surface area contributed by atoms with E-state index < -0.39 is 0 Å². The van der Waals surface area contributed by atoms with Crippen LogP contribution in [0.3, 0.4) is 0 Å². The molecule has 0 spiro atoms. The van der Waals surface area contributed by atoms with Gasteiger partial charge in [0.15, 0.2) is 5.82 Å². The van der Waals surface area contributed by atoms with Crippen molar-refractivity contribution in [1.82, 2.24) is 20.5 Å². The fraction of sp³-hybridized carbons (Fsp3) is 0.529. The number of aromatic amines is 1. The number of hydrogen-bond donors (Lipinski definition) is 2. The first-order valence-corrected chi connectivity index (χ1v) is 8.19. The maximum atomic E-state index is 6.04. The number of H-pyrrole nitrogens is 1. The maximum absolute atomic E-state index is 6.04. The molecule has 1 aliphatic carbocycles. The standard InChI is InChI=1S/C17H22N4O/c1-2-4-15(12-5-6-12)13(3-1)9-18-10-14-7-8-16(22-14)17-19-11-20-21-17/h1-4,11-12,14,16,18H,5-10H2,(H,19,20,21)/t14-,16+/m1/s1. The number of rotatable bonds is 6. The topological polar surface area (TPSA) is 62.8 Å². The van der Waals surface area contributed by atoms with Gasteiger partial charge in [0, 0.05) is 13.1 Å². The van der Waals surface area contributed by atoms with Crippen molar-refractivity contribution in [2.24, 2.45) is 0 Å². The van der Waals surface area contributed by atoms with E-state index in [0.717, 1.165) is 37.7 Å². The van der Waals surface area contributed by atoms with Crippen LogP contribution in [-0.4, -0.2) is 27.8 Å². The maximum Gasteiger partial charge on any atom is 0.153 e. The third-order valence-corrected chi connectivity index (χ3v) is 4.61. The number of aromatic nitrogens is 3. The average molecular weight is 298 g/mol. The van der Waals surface area contributed by atoms with Crippen LogP contribution in [0.15, 0.2) is 30.6 Å². The molecule has 5 heteroatoms. The highest BCUT2D eigenvalue weighted by Gasteiger charge is 2.28. The summed E-state index contributed by atoms with van der Waals surface area (Å²) in [5.41, 5.74) is 2.97. The molecular formula is C17H22N4O. The van der Waals surface area contributed by atoms with Gasteiger partial charge in [0.25, 0.3) is 0 Å². The number of ether oxygens (including phenoxy) is 1. The monoisotopic (exact) mass is 298 g/mol. The summed E-state index contributed by atoms with van der Waals surface area (Å²) in [5, 5.41) is 10.4. The molecular weight excluding hydrogens is 276 g/mol. The molecule has 2 aliphatic rings. The number of hydrogen-bond acceptors (Lipinski definition) is 4. The summed E-state index contributed by atoms with van der Waals surface area (Å²) >= 11 is 0. The summed E-state index contributed by atoms with van der Waals surface area (Å²) in [7, 11) is 0. The van der Waals surface area contributed by atoms with E-state index in [0.29, 0.717) is 0 Å². The van der Waals surface area contributed by atoms with Crippen LogP contribution in [0.4, 0.5) is 0 Å². The molecule has 116 valence electrons. The van der Waals surface area contributed by atoms with E-state index in [1.807, 2.05) is 0 Å². The molecule has 2 heterocycles. The van der Waals surface area contributed by atoms with Crippen molar-refractivity contribution in [2.45, 2.75) is 50.4 Å². The molecule has 2 fully saturated rings. The molecule has 22 heavy (non-hydrogen) atoms. The van der Waals surface area contributed by atoms with E-state index in [1.165, 1.54) is 24.0 Å². The lowest BCUT2D eigenvalue weighted by Crippen LogP contribution is -2.26. The minimum absolute atomic E-state index is 0.0769. The summed E-state index contributed by atoms with van der Waals surface area (Å²) in [6.45, 7) is 1.82. The second-order valence-corrected chi connectivity index (χ2v) is 6.30. The van der Waals surface area contributed by atoms with Crippen LogP contribution < -0.4 is 5.32 Å². The fourth-order valence-corrected chi connectivity index (χ4v) is 3.28. The largest absolute Gasteiger partial charge is 0.366 e. The van der Waals surface area contributed by atoms with Crippen molar-refractivity contribution in [2.75, 3.05) is 6.54 Å². The van der Waals surface area contributed by atoms with Crippen LogP contribution in [-0.2, 0) is 11.3 Å². The van der Waals surface area contributed by atoms with E-state index in [4.69, 9.17) is 4.74 Å². The van der Waals surface area contributed by atoms with Gasteiger partial charge in [-0.25, -0.2) is 4.98 Å². The van der Waals surface area contributed by atoms with Gasteiger partial charge in [-0.3, -0.25) is 5.10 Å². The van der Waals surface area contributed by atoms with Crippen LogP contribution in [0, 0.1) is 0 Å². The van der Waals surface area contributed by atoms with E-state index in [2.05, 4.69) is 44.8 Å². The first kappa shape index (κ1) is 13.9. The van der Waals surface area contributed by atoms with Gasteiger partial charge in [0.2, 0.25) is 0 Å². The smallest absolute Gasteiger partial charge is 0.153 e. The van der Waals surface area contributed by atoms with Gasteiger partial charge in [-0.2, -0.15) is 5.10 Å². The van der Waals surface area contributed by atoms with Gasteiger partial charge in [0.05, 0.1) is 6.10 Å². The van der Waals surface area contributed by atoms with Gasteiger partial charge in [-0.05, 0) is 42.7 Å². The minimum Gasteiger partial charge on any atom is -0.366 e. The minimum atomic E-state index is 0.0769. The molecule has 2 aromatic rings. The highest BCUT2D eigenvalue weighted by molar-refractivity contribution is 5.33. The molecule has 0 radical (unpaired) electrons. The predicted octanol–water partition coefficient (Wildman–Crippen LogP) is 2.69. The van der Waals surface area contributed by atoms with Crippen molar-refractivity contribution in [3.05, 3.63) is 47.5 Å². The van der Waals surface area contributed by atoms with Crippen LogP contribution >= 0.6 is 0 Å². The Morgan fingerprint density at radius 2 is 2.09 bits per heavy atom. The Hall–Kier alpha value is -1.72. The van der Waals surface area contributed by atoms with Crippen LogP contribution in [0.2, 0.25) is 0 Å².